The van der Waals surface area contributed by atoms with Gasteiger partial charge in [0, 0.05) is 18.0 Å². The van der Waals surface area contributed by atoms with Crippen LogP contribution in [0.2, 0.25) is 0 Å². The average Bonchev–Trinajstić information content (AvgIpc) is 3.07. The van der Waals surface area contributed by atoms with Crippen LogP contribution in [0.3, 0.4) is 0 Å². The fraction of sp³-hybridized carbons (Fsp3) is 0. The summed E-state index contributed by atoms with van der Waals surface area (Å²) < 4.78 is 0. The van der Waals surface area contributed by atoms with Gasteiger partial charge in [-0.05, 0) is 11.6 Å². The van der Waals surface area contributed by atoms with Gasteiger partial charge in [0.25, 0.3) is 5.91 Å². The number of nitrogen functional groups attached to an aromatic ring is 1. The van der Waals surface area contributed by atoms with Crippen LogP contribution in [0.5, 0.6) is 0 Å². The van der Waals surface area contributed by atoms with Crippen LogP contribution in [-0.4, -0.2) is 15.9 Å². The van der Waals surface area contributed by atoms with Crippen LogP contribution in [0, 0.1) is 0 Å². The summed E-state index contributed by atoms with van der Waals surface area (Å²) >= 11 is 0. The van der Waals surface area contributed by atoms with Crippen LogP contribution in [0.15, 0.2) is 67.3 Å². The Balaban J connectivity index is 0.000000272. The molecule has 0 aliphatic rings. The van der Waals surface area contributed by atoms with Crippen LogP contribution in [0.1, 0.15) is 10.4 Å². The second-order valence-electron chi connectivity index (χ2n) is 4.26. The molecule has 0 saturated heterocycles. The van der Waals surface area contributed by atoms with Gasteiger partial charge in [0.05, 0.1) is 17.6 Å². The van der Waals surface area contributed by atoms with Crippen molar-refractivity contribution in [2.45, 2.75) is 0 Å². The maximum absolute atomic E-state index is 11.1. The fourth-order valence-corrected chi connectivity index (χ4v) is 1.86. The third-order valence-electron chi connectivity index (χ3n) is 2.86. The first kappa shape index (κ1) is 14.3. The summed E-state index contributed by atoms with van der Waals surface area (Å²) in [5.41, 5.74) is 13.8. The largest absolute Gasteiger partial charge is 0.398 e. The Morgan fingerprint density at radius 2 is 1.81 bits per heavy atom. The summed E-state index contributed by atoms with van der Waals surface area (Å²) in [5.74, 6) is -0.504. The zero-order chi connectivity index (χ0) is 15.1. The van der Waals surface area contributed by atoms with Crippen molar-refractivity contribution in [3.05, 3.63) is 72.8 Å². The molecule has 0 spiro atoms. The highest BCUT2D eigenvalue weighted by Crippen LogP contribution is 2.27. The number of H-pyrrole nitrogens is 1. The molecule has 0 aliphatic heterocycles. The molecule has 0 atom stereocenters. The number of para-hydroxylation sites is 1. The lowest BCUT2D eigenvalue weighted by Crippen LogP contribution is -2.13. The number of nitrogens with two attached hydrogens (primary N) is 2. The first-order valence-corrected chi connectivity index (χ1v) is 6.36. The minimum absolute atomic E-state index is 0.362. The van der Waals surface area contributed by atoms with E-state index in [4.69, 9.17) is 11.5 Å². The lowest BCUT2D eigenvalue weighted by Gasteiger charge is -2.08. The minimum Gasteiger partial charge on any atom is -0.398 e. The Bertz CT molecular complexity index is 676. The quantitative estimate of drug-likeness (QED) is 0.629. The van der Waals surface area contributed by atoms with Crippen molar-refractivity contribution in [3.8, 4) is 11.1 Å². The van der Waals surface area contributed by atoms with Crippen molar-refractivity contribution in [2.75, 3.05) is 5.73 Å². The standard InChI is InChI=1S/C13H12N2O.C3H4N2/c14-12-10(9-5-2-1-3-6-9)7-4-8-11(12)13(15)16;1-2-5-3-4-1/h1-8H,14H2,(H2,15,16);1-3H,(H,4,5). The van der Waals surface area contributed by atoms with E-state index in [9.17, 15) is 4.79 Å². The van der Waals surface area contributed by atoms with E-state index in [1.165, 1.54) is 0 Å². The highest BCUT2D eigenvalue weighted by Gasteiger charge is 2.09. The molecule has 0 radical (unpaired) electrons. The van der Waals surface area contributed by atoms with Crippen LogP contribution in [0.4, 0.5) is 5.69 Å². The normalized spacial score (nSPS) is 9.52. The number of carbonyl (C=O) groups excluding carboxylic acids is 1. The summed E-state index contributed by atoms with van der Waals surface area (Å²) in [7, 11) is 0. The predicted molar refractivity (Wildman–Crippen MR) is 83.4 cm³/mol. The molecule has 5 N–H and O–H groups in total. The molecule has 3 rings (SSSR count). The third kappa shape index (κ3) is 3.70. The second-order valence-corrected chi connectivity index (χ2v) is 4.26. The average molecular weight is 280 g/mol. The van der Waals surface area contributed by atoms with E-state index in [-0.39, 0.29) is 0 Å². The number of imidazole rings is 1. The number of carbonyl (C=O) groups is 1. The number of nitrogens with zero attached hydrogens (tertiary/aromatic N) is 1. The number of nitrogens with one attached hydrogen (secondary N) is 1. The van der Waals surface area contributed by atoms with Gasteiger partial charge >= 0.3 is 0 Å². The molecule has 1 heterocycles. The van der Waals surface area contributed by atoms with Crippen molar-refractivity contribution in [3.63, 3.8) is 0 Å². The number of hydrogen-bond donors (Lipinski definition) is 3. The molecule has 1 amide bonds. The molecule has 106 valence electrons. The van der Waals surface area contributed by atoms with Crippen LogP contribution in [-0.2, 0) is 0 Å². The molecule has 3 aromatic rings. The number of primary amides is 1. The number of anilines is 1. The summed E-state index contributed by atoms with van der Waals surface area (Å²) in [4.78, 5) is 17.6. The SMILES string of the molecule is NC(=O)c1cccc(-c2ccccc2)c1N.c1c[nH]cn1. The maximum Gasteiger partial charge on any atom is 0.250 e. The van der Waals surface area contributed by atoms with E-state index in [1.54, 1.807) is 30.9 Å². The highest BCUT2D eigenvalue weighted by molar-refractivity contribution is 6.01. The van der Waals surface area contributed by atoms with Crippen molar-refractivity contribution >= 4 is 11.6 Å². The Kier molecular flexibility index (Phi) is 4.71. The molecular weight excluding hydrogens is 264 g/mol. The number of benzene rings is 2. The smallest absolute Gasteiger partial charge is 0.250 e. The summed E-state index contributed by atoms with van der Waals surface area (Å²) in [6.45, 7) is 0. The Morgan fingerprint density at radius 1 is 1.05 bits per heavy atom. The molecule has 21 heavy (non-hydrogen) atoms. The van der Waals surface area contributed by atoms with Gasteiger partial charge in [0.2, 0.25) is 0 Å². The molecule has 1 aromatic heterocycles. The first-order valence-electron chi connectivity index (χ1n) is 6.36. The Hall–Kier alpha value is -3.08. The molecule has 5 heteroatoms. The molecule has 0 fully saturated rings. The van der Waals surface area contributed by atoms with Gasteiger partial charge in [-0.1, -0.05) is 42.5 Å². The Labute approximate surface area is 122 Å². The van der Waals surface area contributed by atoms with Crippen LogP contribution < -0.4 is 11.5 Å². The number of rotatable bonds is 2. The second kappa shape index (κ2) is 6.91. The molecule has 0 unspecified atom stereocenters. The molecule has 0 saturated carbocycles. The number of aromatic amines is 1. The molecule has 0 bridgehead atoms. The monoisotopic (exact) mass is 280 g/mol. The van der Waals surface area contributed by atoms with Crippen molar-refractivity contribution in [2.24, 2.45) is 5.73 Å². The summed E-state index contributed by atoms with van der Waals surface area (Å²) in [6.07, 6.45) is 5.08. The maximum atomic E-state index is 11.1. The summed E-state index contributed by atoms with van der Waals surface area (Å²) in [6, 6.07) is 14.9. The van der Waals surface area contributed by atoms with E-state index in [1.807, 2.05) is 36.4 Å². The predicted octanol–water partition coefficient (Wildman–Crippen LogP) is 2.44. The molecule has 2 aromatic carbocycles. The van der Waals surface area contributed by atoms with E-state index in [2.05, 4.69) is 9.97 Å². The summed E-state index contributed by atoms with van der Waals surface area (Å²) in [5, 5.41) is 0. The van der Waals surface area contributed by atoms with E-state index in [0.717, 1.165) is 11.1 Å². The van der Waals surface area contributed by atoms with Gasteiger partial charge in [-0.3, -0.25) is 4.79 Å². The van der Waals surface area contributed by atoms with Gasteiger partial charge in [0.15, 0.2) is 0 Å². The molecule has 5 nitrogen and oxygen atoms in total. The van der Waals surface area contributed by atoms with Gasteiger partial charge in [-0.2, -0.15) is 0 Å². The minimum atomic E-state index is -0.504. The van der Waals surface area contributed by atoms with Gasteiger partial charge in [0.1, 0.15) is 0 Å². The number of hydrogen-bond acceptors (Lipinski definition) is 3. The third-order valence-corrected chi connectivity index (χ3v) is 2.86. The van der Waals surface area contributed by atoms with E-state index in [0.29, 0.717) is 11.3 Å². The molecule has 0 aliphatic carbocycles. The van der Waals surface area contributed by atoms with E-state index < -0.39 is 5.91 Å². The van der Waals surface area contributed by atoms with Crippen molar-refractivity contribution < 1.29 is 4.79 Å². The fourth-order valence-electron chi connectivity index (χ4n) is 1.86. The zero-order valence-corrected chi connectivity index (χ0v) is 11.4. The first-order chi connectivity index (χ1) is 10.2. The lowest BCUT2D eigenvalue weighted by molar-refractivity contribution is 0.100. The van der Waals surface area contributed by atoms with Crippen molar-refractivity contribution in [1.82, 2.24) is 9.97 Å². The van der Waals surface area contributed by atoms with Crippen LogP contribution in [0.25, 0.3) is 11.1 Å². The van der Waals surface area contributed by atoms with Gasteiger partial charge in [-0.25, -0.2) is 4.98 Å². The highest BCUT2D eigenvalue weighted by atomic mass is 16.1. The van der Waals surface area contributed by atoms with Crippen LogP contribution >= 0.6 is 0 Å². The topological polar surface area (TPSA) is 97.8 Å². The van der Waals surface area contributed by atoms with Crippen molar-refractivity contribution in [1.29, 1.82) is 0 Å². The zero-order valence-electron chi connectivity index (χ0n) is 11.4. The Morgan fingerprint density at radius 3 is 2.33 bits per heavy atom. The lowest BCUT2D eigenvalue weighted by atomic mass is 10.0. The van der Waals surface area contributed by atoms with E-state index >= 15 is 0 Å². The van der Waals surface area contributed by atoms with Gasteiger partial charge < -0.3 is 16.5 Å². The number of amides is 1. The molecular formula is C16H16N4O. The number of aromatic nitrogens is 2. The van der Waals surface area contributed by atoms with Gasteiger partial charge in [-0.15, -0.1) is 0 Å².